The molecule has 37 heavy (non-hydrogen) atoms. The molecule has 5 aliphatic rings. The normalized spacial score (nSPS) is 41.6. The SMILES string of the molecule is CC1C2CC(C1CCCCC(NCC1CCN(CCCN)CC1)C1C(C)C3CC1C(C)(C)C3)C(C)(C)C2. The van der Waals surface area contributed by atoms with Gasteiger partial charge in [-0.25, -0.2) is 0 Å². The van der Waals surface area contributed by atoms with Crippen molar-refractivity contribution in [1.82, 2.24) is 10.2 Å². The fourth-order valence-corrected chi connectivity index (χ4v) is 11.1. The first-order chi connectivity index (χ1) is 17.6. The van der Waals surface area contributed by atoms with E-state index in [1.54, 1.807) is 0 Å². The maximum atomic E-state index is 5.75. The lowest BCUT2D eigenvalue weighted by molar-refractivity contribution is 0.0685. The molecule has 1 heterocycles. The number of unbranched alkanes of at least 4 members (excludes halogenated alkanes) is 1. The lowest BCUT2D eigenvalue weighted by atomic mass is 9.64. The molecule has 5 rings (SSSR count). The van der Waals surface area contributed by atoms with Gasteiger partial charge in [-0.3, -0.25) is 0 Å². The quantitative estimate of drug-likeness (QED) is 0.271. The number of nitrogens with two attached hydrogens (primary N) is 1. The molecule has 0 aromatic carbocycles. The number of fused-ring (bicyclic) bond motifs is 4. The van der Waals surface area contributed by atoms with Crippen molar-refractivity contribution in [2.75, 3.05) is 32.7 Å². The van der Waals surface area contributed by atoms with Crippen LogP contribution in [0.15, 0.2) is 0 Å². The first-order valence-corrected chi connectivity index (χ1v) is 16.8. The van der Waals surface area contributed by atoms with Crippen molar-refractivity contribution >= 4 is 0 Å². The van der Waals surface area contributed by atoms with Crippen LogP contribution in [0.25, 0.3) is 0 Å². The summed E-state index contributed by atoms with van der Waals surface area (Å²) in [6.07, 6.45) is 15.7. The second-order valence-corrected chi connectivity index (χ2v) is 16.3. The van der Waals surface area contributed by atoms with Gasteiger partial charge in [-0.15, -0.1) is 0 Å². The monoisotopic (exact) mass is 514 g/mol. The van der Waals surface area contributed by atoms with Gasteiger partial charge in [0.1, 0.15) is 0 Å². The van der Waals surface area contributed by atoms with Crippen LogP contribution in [0.3, 0.4) is 0 Å². The third kappa shape index (κ3) is 5.85. The summed E-state index contributed by atoms with van der Waals surface area (Å²) >= 11 is 0. The lowest BCUT2D eigenvalue weighted by Gasteiger charge is -2.44. The summed E-state index contributed by atoms with van der Waals surface area (Å²) in [6.45, 7) is 21.4. The smallest absolute Gasteiger partial charge is 0.0101 e. The number of likely N-dealkylation sites (tertiary alicyclic amines) is 1. The molecule has 1 aliphatic heterocycles. The van der Waals surface area contributed by atoms with Crippen LogP contribution in [-0.2, 0) is 0 Å². The Hall–Kier alpha value is -0.120. The van der Waals surface area contributed by atoms with Crippen LogP contribution in [0.1, 0.15) is 112 Å². The molecule has 3 nitrogen and oxygen atoms in total. The third-order valence-corrected chi connectivity index (χ3v) is 13.3. The number of rotatable bonds is 12. The largest absolute Gasteiger partial charge is 0.330 e. The van der Waals surface area contributed by atoms with Crippen LogP contribution in [0.2, 0.25) is 0 Å². The van der Waals surface area contributed by atoms with Crippen LogP contribution in [-0.4, -0.2) is 43.7 Å². The molecule has 1 saturated heterocycles. The Kier molecular flexibility index (Phi) is 8.75. The molecule has 0 aromatic heterocycles. The summed E-state index contributed by atoms with van der Waals surface area (Å²) in [4.78, 5) is 2.65. The van der Waals surface area contributed by atoms with Gasteiger partial charge in [-0.2, -0.15) is 0 Å². The molecule has 0 radical (unpaired) electrons. The highest BCUT2D eigenvalue weighted by Crippen LogP contribution is 2.63. The Morgan fingerprint density at radius 2 is 1.51 bits per heavy atom. The Morgan fingerprint density at radius 3 is 2.16 bits per heavy atom. The van der Waals surface area contributed by atoms with Crippen molar-refractivity contribution in [2.24, 2.45) is 69.8 Å². The molecule has 9 unspecified atom stereocenters. The fraction of sp³-hybridized carbons (Fsp3) is 1.00. The Bertz CT molecular complexity index is 737. The Morgan fingerprint density at radius 1 is 0.865 bits per heavy atom. The second-order valence-electron chi connectivity index (χ2n) is 16.3. The Balaban J connectivity index is 1.15. The minimum Gasteiger partial charge on any atom is -0.330 e. The predicted molar refractivity (Wildman–Crippen MR) is 158 cm³/mol. The second kappa shape index (κ2) is 11.4. The van der Waals surface area contributed by atoms with Crippen LogP contribution < -0.4 is 11.1 Å². The molecule has 0 amide bonds. The molecule has 4 aliphatic carbocycles. The van der Waals surface area contributed by atoms with Crippen molar-refractivity contribution in [3.8, 4) is 0 Å². The minimum atomic E-state index is 0.556. The summed E-state index contributed by atoms with van der Waals surface area (Å²) in [5, 5.41) is 4.28. The summed E-state index contributed by atoms with van der Waals surface area (Å²) in [5.74, 6) is 8.63. The molecule has 3 heteroatoms. The lowest BCUT2D eigenvalue weighted by Crippen LogP contribution is -2.48. The third-order valence-electron chi connectivity index (χ3n) is 13.3. The van der Waals surface area contributed by atoms with E-state index in [1.807, 2.05) is 0 Å². The molecule has 214 valence electrons. The maximum Gasteiger partial charge on any atom is 0.0101 e. The zero-order valence-corrected chi connectivity index (χ0v) is 25.6. The summed E-state index contributed by atoms with van der Waals surface area (Å²) in [5.41, 5.74) is 6.92. The predicted octanol–water partition coefficient (Wildman–Crippen LogP) is 7.20. The van der Waals surface area contributed by atoms with Gasteiger partial charge in [0.25, 0.3) is 0 Å². The minimum absolute atomic E-state index is 0.556. The van der Waals surface area contributed by atoms with Crippen molar-refractivity contribution in [2.45, 2.75) is 118 Å². The Labute approximate surface area is 230 Å². The number of nitrogens with zero attached hydrogens (tertiary/aromatic N) is 1. The van der Waals surface area contributed by atoms with Gasteiger partial charge in [0.2, 0.25) is 0 Å². The number of hydrogen-bond donors (Lipinski definition) is 2. The number of nitrogens with one attached hydrogen (secondary N) is 1. The zero-order chi connectivity index (χ0) is 26.4. The van der Waals surface area contributed by atoms with Crippen molar-refractivity contribution < 1.29 is 0 Å². The number of piperidine rings is 1. The summed E-state index contributed by atoms with van der Waals surface area (Å²) < 4.78 is 0. The molecule has 4 saturated carbocycles. The number of hydrogen-bond acceptors (Lipinski definition) is 3. The zero-order valence-electron chi connectivity index (χ0n) is 25.6. The van der Waals surface area contributed by atoms with E-state index in [0.29, 0.717) is 10.8 Å². The first-order valence-electron chi connectivity index (χ1n) is 16.8. The van der Waals surface area contributed by atoms with Crippen molar-refractivity contribution in [3.05, 3.63) is 0 Å². The maximum absolute atomic E-state index is 5.75. The average molecular weight is 514 g/mol. The average Bonchev–Trinajstić information content (AvgIpc) is 3.54. The molecule has 9 atom stereocenters. The molecule has 0 spiro atoms. The van der Waals surface area contributed by atoms with Gasteiger partial charge in [0.05, 0.1) is 0 Å². The molecular formula is C34H63N3. The molecule has 0 aromatic rings. The van der Waals surface area contributed by atoms with Crippen molar-refractivity contribution in [3.63, 3.8) is 0 Å². The highest BCUT2D eigenvalue weighted by atomic mass is 15.1. The van der Waals surface area contributed by atoms with Gasteiger partial charge in [0.15, 0.2) is 0 Å². The van der Waals surface area contributed by atoms with E-state index in [-0.39, 0.29) is 0 Å². The van der Waals surface area contributed by atoms with Crippen LogP contribution in [0.5, 0.6) is 0 Å². The van der Waals surface area contributed by atoms with Gasteiger partial charge < -0.3 is 16.0 Å². The van der Waals surface area contributed by atoms with Gasteiger partial charge >= 0.3 is 0 Å². The van der Waals surface area contributed by atoms with E-state index in [0.717, 1.165) is 72.3 Å². The first kappa shape index (κ1) is 28.4. The van der Waals surface area contributed by atoms with E-state index in [1.165, 1.54) is 90.4 Å². The van der Waals surface area contributed by atoms with E-state index >= 15 is 0 Å². The standard InChI is InChI=1S/C34H63N3/c1-23-26-18-29(33(3,4)20-26)28(23)10-7-8-11-31(32-24(2)27-19-30(32)34(5,6)21-27)36-22-25-12-16-37(17-13-25)15-9-14-35/h23-32,36H,7-22,35H2,1-6H3. The van der Waals surface area contributed by atoms with E-state index < -0.39 is 0 Å². The highest BCUT2D eigenvalue weighted by Gasteiger charge is 2.56. The van der Waals surface area contributed by atoms with Crippen LogP contribution in [0.4, 0.5) is 0 Å². The highest BCUT2D eigenvalue weighted by molar-refractivity contribution is 5.07. The summed E-state index contributed by atoms with van der Waals surface area (Å²) in [6, 6.07) is 0.744. The van der Waals surface area contributed by atoms with E-state index in [4.69, 9.17) is 5.73 Å². The van der Waals surface area contributed by atoms with E-state index in [9.17, 15) is 0 Å². The van der Waals surface area contributed by atoms with Crippen LogP contribution >= 0.6 is 0 Å². The fourth-order valence-electron chi connectivity index (χ4n) is 11.1. The van der Waals surface area contributed by atoms with Gasteiger partial charge in [-0.1, -0.05) is 54.4 Å². The van der Waals surface area contributed by atoms with Gasteiger partial charge in [0, 0.05) is 6.04 Å². The van der Waals surface area contributed by atoms with Crippen molar-refractivity contribution in [1.29, 1.82) is 0 Å². The molecule has 3 N–H and O–H groups in total. The molecule has 4 bridgehead atoms. The molecule has 5 fully saturated rings. The van der Waals surface area contributed by atoms with Gasteiger partial charge in [-0.05, 0) is 155 Å². The topological polar surface area (TPSA) is 41.3 Å². The molecular weight excluding hydrogens is 450 g/mol. The summed E-state index contributed by atoms with van der Waals surface area (Å²) in [7, 11) is 0. The van der Waals surface area contributed by atoms with E-state index in [2.05, 4.69) is 51.8 Å². The van der Waals surface area contributed by atoms with Crippen LogP contribution in [0, 0.1) is 64.1 Å².